The van der Waals surface area contributed by atoms with E-state index >= 15 is 4.39 Å². The van der Waals surface area contributed by atoms with Crippen molar-refractivity contribution in [3.63, 3.8) is 0 Å². The standard InChI is InChI=1S/C33H34F7N5O6/c1-20-29(43-14-12-42(13-15-43)17-21-9-10-27(51-21)33(38,39)40)30(48)45(19-25(26-7-4-16-50-26)41-11-3-8-28(46)47)31(49)44(20)18-22-23(32(35,36)37)5-2-6-24(22)34/h2,4-7,9-10,16,25,41H,3,8,11-15,17-19H2,1H3,(H,46,47)/t25-/m0/s1. The molecule has 1 saturated heterocycles. The zero-order valence-corrected chi connectivity index (χ0v) is 27.2. The first-order valence-electron chi connectivity index (χ1n) is 15.8. The molecule has 0 amide bonds. The van der Waals surface area contributed by atoms with Crippen molar-refractivity contribution in [2.24, 2.45) is 0 Å². The van der Waals surface area contributed by atoms with E-state index in [0.29, 0.717) is 11.8 Å². The molecule has 0 unspecified atom stereocenters. The van der Waals surface area contributed by atoms with Crippen molar-refractivity contribution < 1.29 is 49.5 Å². The fourth-order valence-electron chi connectivity index (χ4n) is 6.05. The van der Waals surface area contributed by atoms with Crippen LogP contribution in [-0.4, -0.2) is 57.8 Å². The highest BCUT2D eigenvalue weighted by molar-refractivity contribution is 5.66. The number of rotatable bonds is 13. The monoisotopic (exact) mass is 729 g/mol. The SMILES string of the molecule is Cc1c(N2CCN(Cc3ccc(C(F)(F)F)o3)CC2)c(=O)n(C[C@H](NCCCC(=O)O)c2ccco2)c(=O)n1Cc1c(F)cccc1C(F)(F)F. The molecule has 0 spiro atoms. The van der Waals surface area contributed by atoms with Gasteiger partial charge in [0.05, 0.1) is 37.5 Å². The fraction of sp³-hybridized carbons (Fsp3) is 0.424. The first-order valence-corrected chi connectivity index (χ1v) is 15.8. The maximum absolute atomic E-state index is 15.0. The minimum absolute atomic E-state index is 0.0177. The predicted molar refractivity (Wildman–Crippen MR) is 168 cm³/mol. The number of hydrogen-bond donors (Lipinski definition) is 2. The number of carboxylic acids is 1. The lowest BCUT2D eigenvalue weighted by molar-refractivity contribution is -0.153. The van der Waals surface area contributed by atoms with Crippen LogP contribution in [0.25, 0.3) is 0 Å². The molecular formula is C33H34F7N5O6. The third-order valence-corrected chi connectivity index (χ3v) is 8.62. The maximum atomic E-state index is 15.0. The summed E-state index contributed by atoms with van der Waals surface area (Å²) in [5.74, 6) is -3.01. The zero-order chi connectivity index (χ0) is 37.1. The van der Waals surface area contributed by atoms with Crippen LogP contribution in [0.5, 0.6) is 0 Å². The van der Waals surface area contributed by atoms with Gasteiger partial charge in [-0.1, -0.05) is 6.07 Å². The molecule has 18 heteroatoms. The van der Waals surface area contributed by atoms with E-state index in [4.69, 9.17) is 13.9 Å². The van der Waals surface area contributed by atoms with Gasteiger partial charge in [0.15, 0.2) is 0 Å². The molecule has 1 atom stereocenters. The molecule has 0 saturated carbocycles. The van der Waals surface area contributed by atoms with Crippen LogP contribution in [0.2, 0.25) is 0 Å². The molecule has 1 aromatic carbocycles. The minimum atomic E-state index is -4.96. The van der Waals surface area contributed by atoms with Crippen LogP contribution in [0.4, 0.5) is 36.4 Å². The number of piperazine rings is 1. The van der Waals surface area contributed by atoms with Gasteiger partial charge in [0.1, 0.15) is 23.0 Å². The van der Waals surface area contributed by atoms with E-state index < -0.39 is 64.9 Å². The van der Waals surface area contributed by atoms with Crippen molar-refractivity contribution in [1.29, 1.82) is 0 Å². The quantitative estimate of drug-likeness (QED) is 0.140. The molecule has 2 N–H and O–H groups in total. The molecule has 276 valence electrons. The number of furan rings is 2. The molecule has 3 aromatic heterocycles. The van der Waals surface area contributed by atoms with Gasteiger partial charge >= 0.3 is 24.0 Å². The largest absolute Gasteiger partial charge is 0.481 e. The molecule has 1 fully saturated rings. The summed E-state index contributed by atoms with van der Waals surface area (Å²) in [5.41, 5.74) is -3.93. The lowest BCUT2D eigenvalue weighted by Gasteiger charge is -2.36. The topological polar surface area (TPSA) is 126 Å². The number of hydrogen-bond acceptors (Lipinski definition) is 8. The van der Waals surface area contributed by atoms with Gasteiger partial charge < -0.3 is 24.2 Å². The van der Waals surface area contributed by atoms with Crippen LogP contribution in [0.1, 0.15) is 53.0 Å². The molecule has 5 rings (SSSR count). The lowest BCUT2D eigenvalue weighted by atomic mass is 10.1. The number of nitrogens with one attached hydrogen (secondary N) is 1. The molecule has 11 nitrogen and oxygen atoms in total. The number of benzene rings is 1. The van der Waals surface area contributed by atoms with Gasteiger partial charge in [-0.05, 0) is 56.3 Å². The van der Waals surface area contributed by atoms with Gasteiger partial charge in [0.25, 0.3) is 5.56 Å². The van der Waals surface area contributed by atoms with Crippen molar-refractivity contribution in [3.05, 3.63) is 109 Å². The average Bonchev–Trinajstić information content (AvgIpc) is 3.76. The zero-order valence-electron chi connectivity index (χ0n) is 27.2. The van der Waals surface area contributed by atoms with Crippen LogP contribution >= 0.6 is 0 Å². The molecule has 0 radical (unpaired) electrons. The maximum Gasteiger partial charge on any atom is 0.449 e. The summed E-state index contributed by atoms with van der Waals surface area (Å²) in [6.45, 7) is 1.08. The Labute approximate surface area is 285 Å². The summed E-state index contributed by atoms with van der Waals surface area (Å²) < 4.78 is 108. The molecule has 1 aliphatic rings. The Morgan fingerprint density at radius 2 is 1.67 bits per heavy atom. The number of nitrogens with zero attached hydrogens (tertiary/aromatic N) is 4. The third-order valence-electron chi connectivity index (χ3n) is 8.62. The molecule has 51 heavy (non-hydrogen) atoms. The second-order valence-electron chi connectivity index (χ2n) is 12.0. The number of halogens is 7. The Bertz CT molecular complexity index is 1940. The summed E-state index contributed by atoms with van der Waals surface area (Å²) in [4.78, 5) is 42.7. The second-order valence-corrected chi connectivity index (χ2v) is 12.0. The van der Waals surface area contributed by atoms with Crippen molar-refractivity contribution in [3.8, 4) is 0 Å². The smallest absolute Gasteiger partial charge is 0.449 e. The van der Waals surface area contributed by atoms with Crippen LogP contribution in [-0.2, 0) is 36.8 Å². The first kappa shape index (κ1) is 37.4. The predicted octanol–water partition coefficient (Wildman–Crippen LogP) is 5.25. The van der Waals surface area contributed by atoms with Crippen molar-refractivity contribution in [1.82, 2.24) is 19.4 Å². The molecule has 4 heterocycles. The third kappa shape index (κ3) is 8.73. The van der Waals surface area contributed by atoms with Crippen molar-refractivity contribution in [2.45, 2.75) is 57.8 Å². The van der Waals surface area contributed by atoms with E-state index in [1.54, 1.807) is 21.9 Å². The molecule has 0 aliphatic carbocycles. The summed E-state index contributed by atoms with van der Waals surface area (Å²) in [5, 5.41) is 12.1. The summed E-state index contributed by atoms with van der Waals surface area (Å²) >= 11 is 0. The highest BCUT2D eigenvalue weighted by Crippen LogP contribution is 2.34. The normalized spacial score (nSPS) is 15.0. The molecule has 4 aromatic rings. The van der Waals surface area contributed by atoms with Gasteiger partial charge in [-0.3, -0.25) is 23.6 Å². The lowest BCUT2D eigenvalue weighted by Crippen LogP contribution is -2.51. The summed E-state index contributed by atoms with van der Waals surface area (Å²) in [6, 6.07) is 6.76. The van der Waals surface area contributed by atoms with Gasteiger partial charge in [-0.25, -0.2) is 9.18 Å². The van der Waals surface area contributed by atoms with Crippen LogP contribution < -0.4 is 21.5 Å². The van der Waals surface area contributed by atoms with Gasteiger partial charge in [0, 0.05) is 43.9 Å². The fourth-order valence-corrected chi connectivity index (χ4v) is 6.05. The molecule has 0 bridgehead atoms. The Morgan fingerprint density at radius 3 is 2.27 bits per heavy atom. The Morgan fingerprint density at radius 1 is 0.941 bits per heavy atom. The van der Waals surface area contributed by atoms with E-state index in [0.717, 1.165) is 27.3 Å². The summed E-state index contributed by atoms with van der Waals surface area (Å²) in [6.07, 6.45) is -8.23. The average molecular weight is 730 g/mol. The van der Waals surface area contributed by atoms with E-state index in [-0.39, 0.29) is 75.8 Å². The Kier molecular flexibility index (Phi) is 11.1. The number of aromatic nitrogens is 2. The van der Waals surface area contributed by atoms with E-state index in [9.17, 15) is 40.7 Å². The highest BCUT2D eigenvalue weighted by Gasteiger charge is 2.36. The van der Waals surface area contributed by atoms with Gasteiger partial charge in [-0.15, -0.1) is 0 Å². The first-order chi connectivity index (χ1) is 24.0. The molecular weight excluding hydrogens is 695 g/mol. The van der Waals surface area contributed by atoms with E-state index in [1.807, 2.05) is 0 Å². The Balaban J connectivity index is 1.51. The second kappa shape index (κ2) is 15.2. The van der Waals surface area contributed by atoms with Gasteiger partial charge in [0.2, 0.25) is 5.76 Å². The van der Waals surface area contributed by atoms with E-state index in [1.165, 1.54) is 19.3 Å². The molecule has 1 aliphatic heterocycles. The van der Waals surface area contributed by atoms with Crippen LogP contribution in [0.3, 0.4) is 0 Å². The number of anilines is 1. The minimum Gasteiger partial charge on any atom is -0.481 e. The van der Waals surface area contributed by atoms with Gasteiger partial charge in [-0.2, -0.15) is 26.3 Å². The van der Waals surface area contributed by atoms with Crippen molar-refractivity contribution in [2.75, 3.05) is 37.6 Å². The summed E-state index contributed by atoms with van der Waals surface area (Å²) in [7, 11) is 0. The van der Waals surface area contributed by atoms with E-state index in [2.05, 4.69) is 5.32 Å². The highest BCUT2D eigenvalue weighted by atomic mass is 19.4. The van der Waals surface area contributed by atoms with Crippen LogP contribution in [0, 0.1) is 12.7 Å². The van der Waals surface area contributed by atoms with Crippen LogP contribution in [0.15, 0.2) is 67.2 Å². The van der Waals surface area contributed by atoms with Crippen molar-refractivity contribution >= 4 is 11.7 Å². The Hall–Kier alpha value is -4.84. The number of aliphatic carboxylic acids is 1. The number of carboxylic acid groups (broad SMARTS) is 1. The number of carbonyl (C=O) groups is 1. The number of alkyl halides is 6.